The Bertz CT molecular complexity index is 1210. The van der Waals surface area contributed by atoms with Crippen LogP contribution in [0, 0.1) is 13.8 Å². The van der Waals surface area contributed by atoms with Gasteiger partial charge in [0.15, 0.2) is 17.3 Å². The van der Waals surface area contributed by atoms with Crippen molar-refractivity contribution in [3.05, 3.63) is 47.4 Å². The van der Waals surface area contributed by atoms with Crippen molar-refractivity contribution in [2.75, 3.05) is 11.9 Å². The molecule has 0 saturated heterocycles. The highest BCUT2D eigenvalue weighted by atomic mass is 16.7. The largest absolute Gasteiger partial charge is 0.462 e. The number of carbonyl (C=O) groups is 1. The van der Waals surface area contributed by atoms with E-state index in [1.807, 2.05) is 45.0 Å². The van der Waals surface area contributed by atoms with E-state index in [1.165, 1.54) is 19.0 Å². The molecule has 186 valence electrons. The highest BCUT2D eigenvalue weighted by Gasteiger charge is 2.36. The summed E-state index contributed by atoms with van der Waals surface area (Å²) in [5.41, 5.74) is 2.67. The lowest BCUT2D eigenvalue weighted by Crippen LogP contribution is -2.34. The van der Waals surface area contributed by atoms with E-state index in [0.717, 1.165) is 30.7 Å². The van der Waals surface area contributed by atoms with Crippen LogP contribution in [-0.2, 0) is 4.74 Å². The number of nitrogens with zero attached hydrogens (tertiary/aromatic N) is 4. The number of fused-ring (bicyclic) bond motifs is 1. The zero-order chi connectivity index (χ0) is 25.0. The van der Waals surface area contributed by atoms with Crippen LogP contribution in [0.15, 0.2) is 30.5 Å². The minimum atomic E-state index is -0.678. The number of rotatable bonds is 10. The van der Waals surface area contributed by atoms with Gasteiger partial charge in [0.05, 0.1) is 12.3 Å². The lowest BCUT2D eigenvalue weighted by atomic mass is 10.1. The third-order valence-corrected chi connectivity index (χ3v) is 5.81. The molecule has 3 heterocycles. The van der Waals surface area contributed by atoms with Crippen molar-refractivity contribution in [3.63, 3.8) is 0 Å². The van der Waals surface area contributed by atoms with Crippen molar-refractivity contribution in [2.24, 2.45) is 0 Å². The van der Waals surface area contributed by atoms with Crippen molar-refractivity contribution in [1.29, 1.82) is 0 Å². The summed E-state index contributed by atoms with van der Waals surface area (Å²) in [6, 6.07) is 7.52. The summed E-state index contributed by atoms with van der Waals surface area (Å²) in [7, 11) is 0. The molecule has 0 spiro atoms. The number of benzene rings is 1. The van der Waals surface area contributed by atoms with Crippen molar-refractivity contribution in [1.82, 2.24) is 19.7 Å². The average Bonchev–Trinajstić information content (AvgIpc) is 3.34. The molecule has 3 aromatic rings. The number of esters is 1. The lowest BCUT2D eigenvalue weighted by molar-refractivity contribution is -0.0696. The number of unbranched alkanes of at least 4 members (excludes halogenated alkanes) is 3. The molecule has 9 heteroatoms. The molecule has 0 fully saturated rings. The molecule has 35 heavy (non-hydrogen) atoms. The summed E-state index contributed by atoms with van der Waals surface area (Å²) in [5, 5.41) is 7.69. The third kappa shape index (κ3) is 5.55. The van der Waals surface area contributed by atoms with Crippen molar-refractivity contribution in [2.45, 2.75) is 72.5 Å². The molecule has 1 aromatic carbocycles. The zero-order valence-corrected chi connectivity index (χ0v) is 21.1. The Hall–Kier alpha value is -3.62. The van der Waals surface area contributed by atoms with Crippen LogP contribution in [0.25, 0.3) is 5.95 Å². The summed E-state index contributed by atoms with van der Waals surface area (Å²) in [5.74, 6) is 0.843. The first-order valence-electron chi connectivity index (χ1n) is 12.2. The van der Waals surface area contributed by atoms with Gasteiger partial charge in [-0.15, -0.1) is 0 Å². The van der Waals surface area contributed by atoms with E-state index in [0.29, 0.717) is 29.0 Å². The second kappa shape index (κ2) is 10.3. The second-order valence-electron chi connectivity index (χ2n) is 8.93. The maximum Gasteiger partial charge on any atom is 0.343 e. The predicted molar refractivity (Wildman–Crippen MR) is 133 cm³/mol. The molecule has 1 atom stereocenters. The topological polar surface area (TPSA) is 100 Å². The van der Waals surface area contributed by atoms with E-state index in [2.05, 4.69) is 27.3 Å². The number of carbonyl (C=O) groups excluding carboxylic acids is 1. The fraction of sp³-hybridized carbons (Fsp3) is 0.462. The molecule has 9 nitrogen and oxygen atoms in total. The smallest absolute Gasteiger partial charge is 0.343 e. The molecule has 4 rings (SSSR count). The van der Waals surface area contributed by atoms with Crippen LogP contribution in [0.5, 0.6) is 11.5 Å². The number of aromatic nitrogens is 4. The van der Waals surface area contributed by atoms with Crippen LogP contribution in [0.2, 0.25) is 0 Å². The highest BCUT2D eigenvalue weighted by Crippen LogP contribution is 2.43. The highest BCUT2D eigenvalue weighted by molar-refractivity contribution is 5.95. The van der Waals surface area contributed by atoms with Crippen LogP contribution in [0.3, 0.4) is 0 Å². The Balaban J connectivity index is 1.59. The molecule has 1 aliphatic heterocycles. The van der Waals surface area contributed by atoms with Gasteiger partial charge in [-0.2, -0.15) is 10.1 Å². The number of hydrogen-bond donors (Lipinski definition) is 1. The van der Waals surface area contributed by atoms with E-state index < -0.39 is 11.8 Å². The Kier molecular flexibility index (Phi) is 7.23. The predicted octanol–water partition coefficient (Wildman–Crippen LogP) is 5.66. The van der Waals surface area contributed by atoms with Crippen LogP contribution in [0.4, 0.5) is 11.5 Å². The van der Waals surface area contributed by atoms with E-state index in [4.69, 9.17) is 14.2 Å². The van der Waals surface area contributed by atoms with Gasteiger partial charge in [-0.1, -0.05) is 26.2 Å². The molecule has 1 N–H and O–H groups in total. The molecule has 0 amide bonds. The summed E-state index contributed by atoms with van der Waals surface area (Å²) in [6.45, 7) is 9.99. The van der Waals surface area contributed by atoms with Crippen molar-refractivity contribution >= 4 is 17.5 Å². The normalized spacial score (nSPS) is 16.4. The lowest BCUT2D eigenvalue weighted by Gasteiger charge is -2.22. The van der Waals surface area contributed by atoms with Crippen LogP contribution < -0.4 is 14.8 Å². The Morgan fingerprint density at radius 1 is 1.11 bits per heavy atom. The van der Waals surface area contributed by atoms with Crippen molar-refractivity contribution in [3.8, 4) is 17.4 Å². The summed E-state index contributed by atoms with van der Waals surface area (Å²) < 4.78 is 19.1. The number of hydrogen-bond acceptors (Lipinski definition) is 8. The minimum absolute atomic E-state index is 0.232. The molecular weight excluding hydrogens is 446 g/mol. The van der Waals surface area contributed by atoms with Gasteiger partial charge in [0.2, 0.25) is 5.79 Å². The molecule has 1 aliphatic rings. The number of nitrogens with one attached hydrogen (secondary N) is 1. The van der Waals surface area contributed by atoms with E-state index >= 15 is 0 Å². The first-order chi connectivity index (χ1) is 16.8. The van der Waals surface area contributed by atoms with E-state index in [9.17, 15) is 4.79 Å². The van der Waals surface area contributed by atoms with Gasteiger partial charge in [-0.25, -0.2) is 14.5 Å². The fourth-order valence-electron chi connectivity index (χ4n) is 4.11. The molecule has 1 unspecified atom stereocenters. The minimum Gasteiger partial charge on any atom is -0.462 e. The molecule has 2 aromatic heterocycles. The van der Waals surface area contributed by atoms with Gasteiger partial charge >= 0.3 is 5.97 Å². The molecule has 0 aliphatic carbocycles. The maximum atomic E-state index is 12.6. The molecule has 0 saturated carbocycles. The first kappa shape index (κ1) is 24.5. The number of aryl methyl sites for hydroxylation is 2. The van der Waals surface area contributed by atoms with E-state index in [1.54, 1.807) is 11.6 Å². The standard InChI is InChI=1S/C26H33N5O4/c1-6-8-9-10-13-26(5)34-21-12-11-19(15-22(21)35-26)28-23-20(24(32)33-7-2)16-27-25(29-23)31-18(4)14-17(3)30-31/h11-12,14-16H,6-10,13H2,1-5H3,(H,27,28,29). The van der Waals surface area contributed by atoms with Gasteiger partial charge in [0, 0.05) is 37.0 Å². The van der Waals surface area contributed by atoms with Crippen LogP contribution in [-0.4, -0.2) is 38.1 Å². The van der Waals surface area contributed by atoms with Crippen molar-refractivity contribution < 1.29 is 19.0 Å². The first-order valence-corrected chi connectivity index (χ1v) is 12.2. The van der Waals surface area contributed by atoms with Gasteiger partial charge in [-0.05, 0) is 45.4 Å². The zero-order valence-electron chi connectivity index (χ0n) is 21.1. The molecule has 0 radical (unpaired) electrons. The Morgan fingerprint density at radius 3 is 2.63 bits per heavy atom. The monoisotopic (exact) mass is 479 g/mol. The molecular formula is C26H33N5O4. The SMILES string of the molecule is CCCCCCC1(C)Oc2ccc(Nc3nc(-n4nc(C)cc4C)ncc3C(=O)OCC)cc2O1. The summed E-state index contributed by atoms with van der Waals surface area (Å²) >= 11 is 0. The Labute approximate surface area is 205 Å². The Morgan fingerprint density at radius 2 is 1.91 bits per heavy atom. The summed E-state index contributed by atoms with van der Waals surface area (Å²) in [6.07, 6.45) is 6.87. The van der Waals surface area contributed by atoms with Gasteiger partial charge in [0.1, 0.15) is 5.56 Å². The summed E-state index contributed by atoms with van der Waals surface area (Å²) in [4.78, 5) is 21.5. The van der Waals surface area contributed by atoms with Gasteiger partial charge in [-0.3, -0.25) is 0 Å². The van der Waals surface area contributed by atoms with Crippen LogP contribution in [0.1, 0.15) is 74.6 Å². The molecule has 0 bridgehead atoms. The number of anilines is 2. The quantitative estimate of drug-likeness (QED) is 0.294. The van der Waals surface area contributed by atoms with E-state index in [-0.39, 0.29) is 12.2 Å². The van der Waals surface area contributed by atoms with Crippen LogP contribution >= 0.6 is 0 Å². The fourth-order valence-corrected chi connectivity index (χ4v) is 4.11. The third-order valence-electron chi connectivity index (χ3n) is 5.81. The van der Waals surface area contributed by atoms with Gasteiger partial charge < -0.3 is 19.5 Å². The average molecular weight is 480 g/mol. The number of ether oxygens (including phenoxy) is 3. The van der Waals surface area contributed by atoms with Gasteiger partial charge in [0.25, 0.3) is 5.95 Å². The maximum absolute atomic E-state index is 12.6. The second-order valence-corrected chi connectivity index (χ2v) is 8.93.